The van der Waals surface area contributed by atoms with Gasteiger partial charge in [0.2, 0.25) is 9.05 Å². The summed E-state index contributed by atoms with van der Waals surface area (Å²) in [5.74, 6) is 0.293. The molecule has 0 aliphatic rings. The monoisotopic (exact) mass is 273 g/mol. The molecule has 6 heteroatoms. The molecule has 1 aromatic rings. The zero-order chi connectivity index (χ0) is 12.9. The average molecular weight is 274 g/mol. The molecule has 0 spiro atoms. The van der Waals surface area contributed by atoms with E-state index in [1.807, 2.05) is 6.07 Å². The van der Waals surface area contributed by atoms with Gasteiger partial charge in [0.15, 0.2) is 0 Å². The Morgan fingerprint density at radius 1 is 1.41 bits per heavy atom. The highest BCUT2D eigenvalue weighted by Gasteiger charge is 2.13. The largest absolute Gasteiger partial charge is 0.493 e. The fourth-order valence-corrected chi connectivity index (χ4v) is 2.67. The van der Waals surface area contributed by atoms with Crippen LogP contribution in [0.4, 0.5) is 0 Å². The summed E-state index contributed by atoms with van der Waals surface area (Å²) >= 11 is 0. The van der Waals surface area contributed by atoms with Crippen molar-refractivity contribution in [1.82, 2.24) is 0 Å². The van der Waals surface area contributed by atoms with Crippen molar-refractivity contribution in [2.24, 2.45) is 5.92 Å². The van der Waals surface area contributed by atoms with Crippen LogP contribution in [0.2, 0.25) is 0 Å². The van der Waals surface area contributed by atoms with Gasteiger partial charge >= 0.3 is 0 Å². The minimum atomic E-state index is -3.49. The van der Waals surface area contributed by atoms with Crippen molar-refractivity contribution >= 4 is 19.7 Å². The van der Waals surface area contributed by atoms with Crippen LogP contribution in [0, 0.1) is 17.2 Å². The topological polar surface area (TPSA) is 67.2 Å². The number of benzene rings is 1. The smallest absolute Gasteiger partial charge is 0.232 e. The number of hydrogen-bond acceptors (Lipinski definition) is 4. The van der Waals surface area contributed by atoms with Crippen LogP contribution in [0.3, 0.4) is 0 Å². The van der Waals surface area contributed by atoms with Crippen LogP contribution < -0.4 is 4.74 Å². The van der Waals surface area contributed by atoms with E-state index in [2.05, 4.69) is 0 Å². The van der Waals surface area contributed by atoms with Gasteiger partial charge in [-0.15, -0.1) is 0 Å². The lowest BCUT2D eigenvalue weighted by Gasteiger charge is -2.11. The molecule has 0 aliphatic heterocycles. The van der Waals surface area contributed by atoms with E-state index in [1.165, 1.54) is 0 Å². The quantitative estimate of drug-likeness (QED) is 0.771. The molecule has 1 aromatic carbocycles. The first-order chi connectivity index (χ1) is 7.90. The normalized spacial score (nSPS) is 12.8. The third-order valence-corrected chi connectivity index (χ3v) is 3.35. The summed E-state index contributed by atoms with van der Waals surface area (Å²) < 4.78 is 27.0. The predicted molar refractivity (Wildman–Crippen MR) is 65.5 cm³/mol. The number of hydrogen-bond donors (Lipinski definition) is 0. The van der Waals surface area contributed by atoms with Crippen LogP contribution in [0.1, 0.15) is 12.5 Å². The predicted octanol–water partition coefficient (Wildman–Crippen LogP) is 2.14. The second kappa shape index (κ2) is 5.89. The Kier molecular flexibility index (Phi) is 4.79. The lowest BCUT2D eigenvalue weighted by Crippen LogP contribution is -2.16. The van der Waals surface area contributed by atoms with Crippen molar-refractivity contribution < 1.29 is 13.2 Å². The first-order valence-corrected chi connectivity index (χ1v) is 7.44. The molecule has 0 saturated heterocycles. The zero-order valence-electron chi connectivity index (χ0n) is 9.26. The summed E-state index contributed by atoms with van der Waals surface area (Å²) in [6.07, 6.45) is 0. The second-order valence-electron chi connectivity index (χ2n) is 3.76. The van der Waals surface area contributed by atoms with E-state index in [0.717, 1.165) is 0 Å². The van der Waals surface area contributed by atoms with Gasteiger partial charge < -0.3 is 4.74 Å². The van der Waals surface area contributed by atoms with Crippen molar-refractivity contribution in [2.45, 2.75) is 6.92 Å². The SMILES string of the molecule is CC(COc1ccc(C#N)cc1)CS(=O)(=O)Cl. The standard InChI is InChI=1S/C11H12ClNO3S/c1-9(8-17(12,14)15)7-16-11-4-2-10(6-13)3-5-11/h2-5,9H,7-8H2,1H3. The zero-order valence-corrected chi connectivity index (χ0v) is 10.8. The maximum atomic E-state index is 10.8. The van der Waals surface area contributed by atoms with Crippen molar-refractivity contribution in [3.05, 3.63) is 29.8 Å². The van der Waals surface area contributed by atoms with Crippen LogP contribution in [-0.2, 0) is 9.05 Å². The van der Waals surface area contributed by atoms with Crippen molar-refractivity contribution in [3.63, 3.8) is 0 Å². The molecule has 0 amide bonds. The lowest BCUT2D eigenvalue weighted by molar-refractivity contribution is 0.272. The molecule has 0 heterocycles. The molecule has 0 radical (unpaired) electrons. The molecular weight excluding hydrogens is 262 g/mol. The van der Waals surface area contributed by atoms with Crippen molar-refractivity contribution in [1.29, 1.82) is 5.26 Å². The second-order valence-corrected chi connectivity index (χ2v) is 6.58. The summed E-state index contributed by atoms with van der Waals surface area (Å²) in [5.41, 5.74) is 0.550. The third kappa shape index (κ3) is 5.57. The molecule has 92 valence electrons. The summed E-state index contributed by atoms with van der Waals surface area (Å²) in [5, 5.41) is 8.60. The average Bonchev–Trinajstić information content (AvgIpc) is 2.25. The van der Waals surface area contributed by atoms with E-state index < -0.39 is 9.05 Å². The maximum Gasteiger partial charge on any atom is 0.232 e. The number of nitriles is 1. The summed E-state index contributed by atoms with van der Waals surface area (Å²) in [6.45, 7) is 2.00. The van der Waals surface area contributed by atoms with E-state index in [4.69, 9.17) is 20.7 Å². The van der Waals surface area contributed by atoms with E-state index in [1.54, 1.807) is 31.2 Å². The molecule has 0 N–H and O–H groups in total. The Bertz CT molecular complexity index is 505. The first-order valence-electron chi connectivity index (χ1n) is 4.96. The lowest BCUT2D eigenvalue weighted by atomic mass is 10.2. The maximum absolute atomic E-state index is 10.8. The molecule has 0 aromatic heterocycles. The molecule has 1 rings (SSSR count). The summed E-state index contributed by atoms with van der Waals surface area (Å²) in [6, 6.07) is 8.61. The van der Waals surface area contributed by atoms with Crippen LogP contribution >= 0.6 is 10.7 Å². The molecule has 17 heavy (non-hydrogen) atoms. The Hall–Kier alpha value is -1.25. The van der Waals surface area contributed by atoms with Gasteiger partial charge in [-0.25, -0.2) is 8.42 Å². The fourth-order valence-electron chi connectivity index (χ4n) is 1.25. The van der Waals surface area contributed by atoms with Gasteiger partial charge in [0.25, 0.3) is 0 Å². The minimum Gasteiger partial charge on any atom is -0.493 e. The van der Waals surface area contributed by atoms with E-state index >= 15 is 0 Å². The molecule has 4 nitrogen and oxygen atoms in total. The Balaban J connectivity index is 2.48. The first kappa shape index (κ1) is 13.8. The number of nitrogens with zero attached hydrogens (tertiary/aromatic N) is 1. The van der Waals surface area contributed by atoms with Crippen LogP contribution in [-0.4, -0.2) is 20.8 Å². The molecular formula is C11H12ClNO3S. The fraction of sp³-hybridized carbons (Fsp3) is 0.364. The van der Waals surface area contributed by atoms with E-state index in [-0.39, 0.29) is 18.3 Å². The molecule has 0 saturated carbocycles. The van der Waals surface area contributed by atoms with Crippen molar-refractivity contribution in [2.75, 3.05) is 12.4 Å². The van der Waals surface area contributed by atoms with Gasteiger partial charge in [-0.1, -0.05) is 6.92 Å². The third-order valence-electron chi connectivity index (χ3n) is 2.00. The van der Waals surface area contributed by atoms with Crippen LogP contribution in [0.25, 0.3) is 0 Å². The highest BCUT2D eigenvalue weighted by Crippen LogP contribution is 2.13. The Labute approximate surface area is 105 Å². The van der Waals surface area contributed by atoms with Crippen molar-refractivity contribution in [3.8, 4) is 11.8 Å². The molecule has 1 unspecified atom stereocenters. The van der Waals surface area contributed by atoms with Gasteiger partial charge in [-0.2, -0.15) is 5.26 Å². The minimum absolute atomic E-state index is 0.120. The Morgan fingerprint density at radius 3 is 2.47 bits per heavy atom. The highest BCUT2D eigenvalue weighted by atomic mass is 35.7. The van der Waals surface area contributed by atoms with Crippen LogP contribution in [0.15, 0.2) is 24.3 Å². The number of ether oxygens (including phenoxy) is 1. The molecule has 0 fully saturated rings. The number of halogens is 1. The van der Waals surface area contributed by atoms with Crippen LogP contribution in [0.5, 0.6) is 5.75 Å². The van der Waals surface area contributed by atoms with Gasteiger partial charge in [0.1, 0.15) is 5.75 Å². The molecule has 1 atom stereocenters. The molecule has 0 aliphatic carbocycles. The Morgan fingerprint density at radius 2 is 2.00 bits per heavy atom. The van der Waals surface area contributed by atoms with E-state index in [9.17, 15) is 8.42 Å². The van der Waals surface area contributed by atoms with E-state index in [0.29, 0.717) is 11.3 Å². The summed E-state index contributed by atoms with van der Waals surface area (Å²) in [4.78, 5) is 0. The van der Waals surface area contributed by atoms with Gasteiger partial charge in [0.05, 0.1) is 24.0 Å². The highest BCUT2D eigenvalue weighted by molar-refractivity contribution is 8.13. The number of rotatable bonds is 5. The van der Waals surface area contributed by atoms with Gasteiger partial charge in [-0.05, 0) is 24.3 Å². The van der Waals surface area contributed by atoms with Gasteiger partial charge in [-0.3, -0.25) is 0 Å². The molecule has 0 bridgehead atoms. The van der Waals surface area contributed by atoms with Gasteiger partial charge in [0, 0.05) is 16.6 Å². The summed E-state index contributed by atoms with van der Waals surface area (Å²) in [7, 11) is 1.64.